The first kappa shape index (κ1) is 44.0. The Hall–Kier alpha value is -2.12. The fraction of sp³-hybridized carbons (Fsp3) is 0.889. The van der Waals surface area contributed by atoms with Crippen LogP contribution >= 0.6 is 0 Å². The molecule has 0 saturated heterocycles. The van der Waals surface area contributed by atoms with Crippen molar-refractivity contribution in [2.75, 3.05) is 0 Å². The number of hydrogen-bond donors (Lipinski definition) is 4. The minimum Gasteiger partial charge on any atom is -0.481 e. The van der Waals surface area contributed by atoms with Crippen molar-refractivity contribution in [2.24, 2.45) is 17.3 Å². The third kappa shape index (κ3) is 26.3. The van der Waals surface area contributed by atoms with E-state index in [4.69, 9.17) is 15.3 Å². The highest BCUT2D eigenvalue weighted by atomic mass is 16.4. The van der Waals surface area contributed by atoms with Crippen molar-refractivity contribution in [2.45, 2.75) is 188 Å². The number of unbranched alkanes of at least 4 members (excludes halogenated alkanes) is 11. The quantitative estimate of drug-likeness (QED) is 0.0574. The van der Waals surface area contributed by atoms with Gasteiger partial charge in [-0.2, -0.15) is 0 Å². The van der Waals surface area contributed by atoms with E-state index in [0.29, 0.717) is 11.8 Å². The second kappa shape index (κ2) is 29.6. The second-order valence-corrected chi connectivity index (χ2v) is 12.9. The van der Waals surface area contributed by atoms with Gasteiger partial charge in [-0.1, -0.05) is 130 Å². The average Bonchev–Trinajstić information content (AvgIpc) is 2.97. The summed E-state index contributed by atoms with van der Waals surface area (Å²) in [5.41, 5.74) is -0.593. The zero-order valence-corrected chi connectivity index (χ0v) is 28.8. The molecule has 0 bridgehead atoms. The van der Waals surface area contributed by atoms with E-state index in [1.807, 2.05) is 0 Å². The van der Waals surface area contributed by atoms with Crippen LogP contribution in [0.25, 0.3) is 0 Å². The maximum atomic E-state index is 12.6. The summed E-state index contributed by atoms with van der Waals surface area (Å²) in [6, 6.07) is 0. The van der Waals surface area contributed by atoms with Crippen LogP contribution in [0.5, 0.6) is 0 Å². The summed E-state index contributed by atoms with van der Waals surface area (Å²) >= 11 is 0. The molecule has 0 amide bonds. The van der Waals surface area contributed by atoms with Crippen LogP contribution < -0.4 is 0 Å². The van der Waals surface area contributed by atoms with Crippen molar-refractivity contribution in [3.05, 3.63) is 0 Å². The largest absolute Gasteiger partial charge is 0.481 e. The van der Waals surface area contributed by atoms with Gasteiger partial charge >= 0.3 is 23.9 Å². The molecule has 0 aromatic heterocycles. The molecule has 44 heavy (non-hydrogen) atoms. The Morgan fingerprint density at radius 3 is 1.07 bits per heavy atom. The first-order chi connectivity index (χ1) is 21.0. The molecule has 2 atom stereocenters. The number of carbonyl (C=O) groups is 4. The molecule has 4 N–H and O–H groups in total. The molecular formula is C36H68O8. The van der Waals surface area contributed by atoms with Crippen LogP contribution in [-0.4, -0.2) is 44.3 Å². The molecule has 0 fully saturated rings. The third-order valence-corrected chi connectivity index (χ3v) is 8.98. The highest BCUT2D eigenvalue weighted by Gasteiger charge is 2.41. The van der Waals surface area contributed by atoms with E-state index in [9.17, 15) is 24.3 Å². The van der Waals surface area contributed by atoms with Gasteiger partial charge in [-0.25, -0.2) is 0 Å². The van der Waals surface area contributed by atoms with Gasteiger partial charge in [0, 0.05) is 19.3 Å². The maximum absolute atomic E-state index is 12.6. The summed E-state index contributed by atoms with van der Waals surface area (Å²) < 4.78 is 0. The number of aliphatic carboxylic acids is 4. The molecule has 0 aliphatic carbocycles. The van der Waals surface area contributed by atoms with Gasteiger partial charge < -0.3 is 20.4 Å². The van der Waals surface area contributed by atoms with E-state index < -0.39 is 29.3 Å². The van der Waals surface area contributed by atoms with Crippen molar-refractivity contribution >= 4 is 23.9 Å². The van der Waals surface area contributed by atoms with Crippen LogP contribution in [0.4, 0.5) is 0 Å². The lowest BCUT2D eigenvalue weighted by Gasteiger charge is -2.36. The van der Waals surface area contributed by atoms with E-state index in [0.717, 1.165) is 116 Å². The Morgan fingerprint density at radius 2 is 0.795 bits per heavy atom. The smallest absolute Gasteiger partial charge is 0.309 e. The maximum Gasteiger partial charge on any atom is 0.309 e. The van der Waals surface area contributed by atoms with Crippen molar-refractivity contribution in [3.8, 4) is 0 Å². The average molecular weight is 629 g/mol. The molecule has 0 saturated carbocycles. The monoisotopic (exact) mass is 628 g/mol. The third-order valence-electron chi connectivity index (χ3n) is 8.98. The summed E-state index contributed by atoms with van der Waals surface area (Å²) in [5, 5.41) is 35.9. The standard InChI is InChI=1S/C26H50O4.C10H18O4/c1-5-9-16-22(7-3)20-26(25(29)30,21-23(8-4)17-10-6-2)19-15-13-11-12-14-18-24(27)28;11-9(12)7-5-3-1-2-4-6-8-10(13)14/h22-23H,5-21H2,1-4H3,(H,27,28)(H,29,30);1-8H2,(H,11,12)(H,13,14). The molecule has 0 radical (unpaired) electrons. The molecule has 0 heterocycles. The Kier molecular flexibility index (Phi) is 29.6. The molecule has 8 heteroatoms. The van der Waals surface area contributed by atoms with Crippen LogP contribution in [-0.2, 0) is 19.2 Å². The van der Waals surface area contributed by atoms with Crippen molar-refractivity contribution in [3.63, 3.8) is 0 Å². The SMILES string of the molecule is CCCCC(CC)CC(CCCCCCCC(=O)O)(CC(CC)CCCC)C(=O)O.O=C(O)CCCCCCCCC(=O)O. The van der Waals surface area contributed by atoms with E-state index in [1.165, 1.54) is 25.7 Å². The summed E-state index contributed by atoms with van der Waals surface area (Å²) in [4.78, 5) is 43.6. The molecule has 2 unspecified atom stereocenters. The van der Waals surface area contributed by atoms with Crippen molar-refractivity contribution < 1.29 is 39.6 Å². The van der Waals surface area contributed by atoms with Crippen LogP contribution in [0.3, 0.4) is 0 Å². The van der Waals surface area contributed by atoms with Gasteiger partial charge in [-0.15, -0.1) is 0 Å². The lowest BCUT2D eigenvalue weighted by atomic mass is 9.67. The number of hydrogen-bond acceptors (Lipinski definition) is 4. The number of carboxylic acid groups (broad SMARTS) is 4. The van der Waals surface area contributed by atoms with Crippen molar-refractivity contribution in [1.29, 1.82) is 0 Å². The topological polar surface area (TPSA) is 149 Å². The van der Waals surface area contributed by atoms with Crippen LogP contribution in [0, 0.1) is 17.3 Å². The highest BCUT2D eigenvalue weighted by molar-refractivity contribution is 5.74. The molecule has 0 aliphatic heterocycles. The van der Waals surface area contributed by atoms with Gasteiger partial charge in [-0.05, 0) is 50.4 Å². The second-order valence-electron chi connectivity index (χ2n) is 12.9. The lowest BCUT2D eigenvalue weighted by molar-refractivity contribution is -0.152. The fourth-order valence-electron chi connectivity index (χ4n) is 6.09. The predicted octanol–water partition coefficient (Wildman–Crippen LogP) is 10.4. The molecule has 0 rings (SSSR count). The van der Waals surface area contributed by atoms with Crippen molar-refractivity contribution in [1.82, 2.24) is 0 Å². The summed E-state index contributed by atoms with van der Waals surface area (Å²) in [7, 11) is 0. The van der Waals surface area contributed by atoms with Gasteiger partial charge in [-0.3, -0.25) is 19.2 Å². The Balaban J connectivity index is 0. The molecule has 0 spiro atoms. The van der Waals surface area contributed by atoms with Gasteiger partial charge in [0.1, 0.15) is 0 Å². The van der Waals surface area contributed by atoms with Gasteiger partial charge in [0.2, 0.25) is 0 Å². The zero-order valence-electron chi connectivity index (χ0n) is 28.8. The first-order valence-electron chi connectivity index (χ1n) is 17.9. The fourth-order valence-corrected chi connectivity index (χ4v) is 6.09. The minimum atomic E-state index is -0.740. The Bertz CT molecular complexity index is 698. The summed E-state index contributed by atoms with van der Waals surface area (Å²) in [5.74, 6) is -1.79. The van der Waals surface area contributed by atoms with Crippen LogP contribution in [0.2, 0.25) is 0 Å². The van der Waals surface area contributed by atoms with Gasteiger partial charge in [0.05, 0.1) is 5.41 Å². The zero-order chi connectivity index (χ0) is 33.6. The minimum absolute atomic E-state index is 0.240. The van der Waals surface area contributed by atoms with E-state index in [1.54, 1.807) is 0 Å². The molecule has 8 nitrogen and oxygen atoms in total. The predicted molar refractivity (Wildman–Crippen MR) is 178 cm³/mol. The number of carboxylic acids is 4. The van der Waals surface area contributed by atoms with E-state index in [-0.39, 0.29) is 19.3 Å². The van der Waals surface area contributed by atoms with E-state index >= 15 is 0 Å². The number of rotatable bonds is 30. The summed E-state index contributed by atoms with van der Waals surface area (Å²) in [6.45, 7) is 8.84. The molecule has 0 aromatic carbocycles. The first-order valence-corrected chi connectivity index (χ1v) is 17.9. The molecule has 0 aliphatic rings. The van der Waals surface area contributed by atoms with Crippen LogP contribution in [0.15, 0.2) is 0 Å². The van der Waals surface area contributed by atoms with Gasteiger partial charge in [0.25, 0.3) is 0 Å². The normalized spacial score (nSPS) is 13.7. The molecular weight excluding hydrogens is 560 g/mol. The summed E-state index contributed by atoms with van der Waals surface area (Å²) in [6.07, 6.45) is 22.2. The van der Waals surface area contributed by atoms with Crippen LogP contribution in [0.1, 0.15) is 188 Å². The lowest BCUT2D eigenvalue weighted by Crippen LogP contribution is -2.36. The molecule has 260 valence electrons. The highest BCUT2D eigenvalue weighted by Crippen LogP contribution is 2.43. The Morgan fingerprint density at radius 1 is 0.477 bits per heavy atom. The Labute approximate surface area is 268 Å². The van der Waals surface area contributed by atoms with Gasteiger partial charge in [0.15, 0.2) is 0 Å². The van der Waals surface area contributed by atoms with E-state index in [2.05, 4.69) is 27.7 Å². The molecule has 0 aromatic rings.